The van der Waals surface area contributed by atoms with E-state index in [0.717, 1.165) is 16.7 Å². The maximum Gasteiger partial charge on any atom is 0.129 e. The molecule has 1 N–H and O–H groups in total. The fourth-order valence-corrected chi connectivity index (χ4v) is 2.80. The SMILES string of the molecule is Cc1cc(C)c(CC(O)Cc2c(F)cccc2F)c(C)c1. The first-order valence-electron chi connectivity index (χ1n) is 7.06. The van der Waals surface area contributed by atoms with Gasteiger partial charge in [-0.05, 0) is 56.0 Å². The molecule has 2 rings (SSSR count). The fraction of sp³-hybridized carbons (Fsp3) is 0.333. The van der Waals surface area contributed by atoms with Crippen molar-refractivity contribution < 1.29 is 13.9 Å². The predicted molar refractivity (Wildman–Crippen MR) is 80.4 cm³/mol. The molecule has 0 aliphatic rings. The molecule has 0 aromatic heterocycles. The zero-order valence-electron chi connectivity index (χ0n) is 12.6. The van der Waals surface area contributed by atoms with Gasteiger partial charge in [-0.1, -0.05) is 23.8 Å². The number of halogens is 2. The Morgan fingerprint density at radius 3 is 1.90 bits per heavy atom. The lowest BCUT2D eigenvalue weighted by Gasteiger charge is -2.16. The van der Waals surface area contributed by atoms with E-state index in [9.17, 15) is 13.9 Å². The van der Waals surface area contributed by atoms with Crippen LogP contribution in [0.3, 0.4) is 0 Å². The number of benzene rings is 2. The van der Waals surface area contributed by atoms with Crippen molar-refractivity contribution in [3.05, 3.63) is 69.8 Å². The molecule has 1 atom stereocenters. The van der Waals surface area contributed by atoms with E-state index < -0.39 is 17.7 Å². The van der Waals surface area contributed by atoms with Gasteiger partial charge in [-0.25, -0.2) is 8.78 Å². The minimum atomic E-state index is -0.809. The molecule has 0 saturated heterocycles. The van der Waals surface area contributed by atoms with Crippen molar-refractivity contribution in [2.45, 2.75) is 39.7 Å². The summed E-state index contributed by atoms with van der Waals surface area (Å²) in [5.41, 5.74) is 4.36. The van der Waals surface area contributed by atoms with Crippen molar-refractivity contribution >= 4 is 0 Å². The Labute approximate surface area is 124 Å². The first kappa shape index (κ1) is 15.6. The van der Waals surface area contributed by atoms with Gasteiger partial charge in [-0.15, -0.1) is 0 Å². The van der Waals surface area contributed by atoms with Crippen LogP contribution >= 0.6 is 0 Å². The summed E-state index contributed by atoms with van der Waals surface area (Å²) < 4.78 is 27.2. The molecule has 2 aromatic rings. The molecule has 2 aromatic carbocycles. The second-order valence-corrected chi connectivity index (χ2v) is 5.64. The number of hydrogen-bond acceptors (Lipinski definition) is 1. The Hall–Kier alpha value is -1.74. The zero-order valence-corrected chi connectivity index (χ0v) is 12.6. The lowest BCUT2D eigenvalue weighted by atomic mass is 9.93. The zero-order chi connectivity index (χ0) is 15.6. The molecule has 3 heteroatoms. The second kappa shape index (κ2) is 6.35. The van der Waals surface area contributed by atoms with Gasteiger partial charge >= 0.3 is 0 Å². The molecule has 21 heavy (non-hydrogen) atoms. The van der Waals surface area contributed by atoms with Crippen LogP contribution in [0.1, 0.15) is 27.8 Å². The van der Waals surface area contributed by atoms with Gasteiger partial charge in [0.05, 0.1) is 6.10 Å². The van der Waals surface area contributed by atoms with Gasteiger partial charge in [-0.2, -0.15) is 0 Å². The Morgan fingerprint density at radius 2 is 1.38 bits per heavy atom. The summed E-state index contributed by atoms with van der Waals surface area (Å²) in [6.07, 6.45) is -0.437. The normalized spacial score (nSPS) is 12.5. The minimum Gasteiger partial charge on any atom is -0.392 e. The molecule has 0 amide bonds. The molecule has 0 fully saturated rings. The molecule has 0 aliphatic heterocycles. The first-order chi connectivity index (χ1) is 9.88. The highest BCUT2D eigenvalue weighted by Crippen LogP contribution is 2.21. The molecule has 0 spiro atoms. The Morgan fingerprint density at radius 1 is 0.905 bits per heavy atom. The third kappa shape index (κ3) is 3.67. The van der Waals surface area contributed by atoms with E-state index in [-0.39, 0.29) is 12.0 Å². The van der Waals surface area contributed by atoms with E-state index in [2.05, 4.69) is 12.1 Å². The van der Waals surface area contributed by atoms with Crippen LogP contribution in [0.15, 0.2) is 30.3 Å². The van der Waals surface area contributed by atoms with Crippen LogP contribution in [0, 0.1) is 32.4 Å². The van der Waals surface area contributed by atoms with E-state index in [0.29, 0.717) is 6.42 Å². The average Bonchev–Trinajstić information content (AvgIpc) is 2.38. The lowest BCUT2D eigenvalue weighted by Crippen LogP contribution is -2.17. The van der Waals surface area contributed by atoms with Crippen LogP contribution in [-0.2, 0) is 12.8 Å². The monoisotopic (exact) mass is 290 g/mol. The van der Waals surface area contributed by atoms with Gasteiger partial charge in [-0.3, -0.25) is 0 Å². The fourth-order valence-electron chi connectivity index (χ4n) is 2.80. The molecule has 112 valence electrons. The van der Waals surface area contributed by atoms with E-state index in [1.54, 1.807) is 0 Å². The molecule has 1 unspecified atom stereocenters. The van der Waals surface area contributed by atoms with E-state index in [1.807, 2.05) is 20.8 Å². The molecule has 0 saturated carbocycles. The largest absolute Gasteiger partial charge is 0.392 e. The molecule has 0 bridgehead atoms. The Kier molecular flexibility index (Phi) is 4.73. The maximum atomic E-state index is 13.6. The van der Waals surface area contributed by atoms with Crippen molar-refractivity contribution in [3.8, 4) is 0 Å². The van der Waals surface area contributed by atoms with Crippen LogP contribution in [-0.4, -0.2) is 11.2 Å². The molecule has 0 aliphatic carbocycles. The van der Waals surface area contributed by atoms with Gasteiger partial charge in [0.2, 0.25) is 0 Å². The van der Waals surface area contributed by atoms with Gasteiger partial charge in [0, 0.05) is 12.0 Å². The second-order valence-electron chi connectivity index (χ2n) is 5.64. The Bertz CT molecular complexity index is 606. The average molecular weight is 290 g/mol. The van der Waals surface area contributed by atoms with Crippen molar-refractivity contribution in [2.75, 3.05) is 0 Å². The Balaban J connectivity index is 2.18. The van der Waals surface area contributed by atoms with Crippen LogP contribution in [0.4, 0.5) is 8.78 Å². The minimum absolute atomic E-state index is 0.0226. The highest BCUT2D eigenvalue weighted by Gasteiger charge is 2.16. The van der Waals surface area contributed by atoms with Crippen molar-refractivity contribution in [1.82, 2.24) is 0 Å². The number of rotatable bonds is 4. The quantitative estimate of drug-likeness (QED) is 0.901. The van der Waals surface area contributed by atoms with E-state index in [1.165, 1.54) is 23.8 Å². The highest BCUT2D eigenvalue weighted by molar-refractivity contribution is 5.38. The molecular weight excluding hydrogens is 270 g/mol. The molecule has 0 radical (unpaired) electrons. The summed E-state index contributed by atoms with van der Waals surface area (Å²) in [6, 6.07) is 7.87. The van der Waals surface area contributed by atoms with Gasteiger partial charge in [0.15, 0.2) is 0 Å². The highest BCUT2D eigenvalue weighted by atomic mass is 19.1. The van der Waals surface area contributed by atoms with Crippen LogP contribution < -0.4 is 0 Å². The summed E-state index contributed by atoms with van der Waals surface area (Å²) in [7, 11) is 0. The molecular formula is C18H20F2O. The number of aryl methyl sites for hydroxylation is 3. The number of aliphatic hydroxyl groups is 1. The first-order valence-corrected chi connectivity index (χ1v) is 7.06. The molecule has 1 nitrogen and oxygen atoms in total. The van der Waals surface area contributed by atoms with Crippen LogP contribution in [0.2, 0.25) is 0 Å². The third-order valence-corrected chi connectivity index (χ3v) is 3.78. The third-order valence-electron chi connectivity index (χ3n) is 3.78. The smallest absolute Gasteiger partial charge is 0.129 e. The topological polar surface area (TPSA) is 20.2 Å². The van der Waals surface area contributed by atoms with Crippen molar-refractivity contribution in [2.24, 2.45) is 0 Å². The standard InChI is InChI=1S/C18H20F2O/c1-11-7-12(2)15(13(3)8-11)9-14(21)10-16-17(19)5-4-6-18(16)20/h4-8,14,21H,9-10H2,1-3H3. The van der Waals surface area contributed by atoms with Crippen molar-refractivity contribution in [3.63, 3.8) is 0 Å². The number of hydrogen-bond donors (Lipinski definition) is 1. The summed E-state index contributed by atoms with van der Waals surface area (Å²) in [5, 5.41) is 10.2. The van der Waals surface area contributed by atoms with Crippen molar-refractivity contribution in [1.29, 1.82) is 0 Å². The predicted octanol–water partition coefficient (Wildman–Crippen LogP) is 4.04. The van der Waals surface area contributed by atoms with Gasteiger partial charge in [0.25, 0.3) is 0 Å². The van der Waals surface area contributed by atoms with E-state index in [4.69, 9.17) is 0 Å². The van der Waals surface area contributed by atoms with E-state index >= 15 is 0 Å². The summed E-state index contributed by atoms with van der Waals surface area (Å²) in [6.45, 7) is 6.01. The molecule has 0 heterocycles. The van der Waals surface area contributed by atoms with Crippen LogP contribution in [0.5, 0.6) is 0 Å². The lowest BCUT2D eigenvalue weighted by molar-refractivity contribution is 0.172. The number of aliphatic hydroxyl groups excluding tert-OH is 1. The summed E-state index contributed by atoms with van der Waals surface area (Å²) >= 11 is 0. The van der Waals surface area contributed by atoms with Crippen LogP contribution in [0.25, 0.3) is 0 Å². The summed E-state index contributed by atoms with van der Waals surface area (Å²) in [4.78, 5) is 0. The van der Waals surface area contributed by atoms with Gasteiger partial charge < -0.3 is 5.11 Å². The summed E-state index contributed by atoms with van der Waals surface area (Å²) in [5.74, 6) is -1.21. The maximum absolute atomic E-state index is 13.6. The van der Waals surface area contributed by atoms with Gasteiger partial charge in [0.1, 0.15) is 11.6 Å².